The molecule has 39 heavy (non-hydrogen) atoms. The van der Waals surface area contributed by atoms with E-state index in [1.807, 2.05) is 79.5 Å². The highest BCUT2D eigenvalue weighted by Gasteiger charge is 2.37. The van der Waals surface area contributed by atoms with Crippen LogP contribution in [0.5, 0.6) is 0 Å². The number of urea groups is 1. The Hall–Kier alpha value is -4.32. The molecule has 1 aromatic heterocycles. The predicted molar refractivity (Wildman–Crippen MR) is 158 cm³/mol. The zero-order valence-corrected chi connectivity index (χ0v) is 23.1. The molecule has 1 aliphatic rings. The Labute approximate surface area is 230 Å². The van der Waals surface area contributed by atoms with Crippen molar-refractivity contribution in [3.8, 4) is 5.69 Å². The van der Waals surface area contributed by atoms with E-state index in [1.54, 1.807) is 4.90 Å². The summed E-state index contributed by atoms with van der Waals surface area (Å²) in [4.78, 5) is 31.4. The Kier molecular flexibility index (Phi) is 7.55. The van der Waals surface area contributed by atoms with Gasteiger partial charge in [-0.25, -0.2) is 4.79 Å². The van der Waals surface area contributed by atoms with Crippen molar-refractivity contribution in [2.45, 2.75) is 46.6 Å². The summed E-state index contributed by atoms with van der Waals surface area (Å²) in [6.07, 6.45) is 3.78. The summed E-state index contributed by atoms with van der Waals surface area (Å²) in [5.41, 5.74) is 7.89. The zero-order chi connectivity index (χ0) is 27.5. The molecule has 4 aromatic rings. The van der Waals surface area contributed by atoms with Gasteiger partial charge >= 0.3 is 6.03 Å². The molecule has 6 nitrogen and oxygen atoms in total. The average Bonchev–Trinajstić information content (AvgIpc) is 3.42. The van der Waals surface area contributed by atoms with Crippen LogP contribution in [0.4, 0.5) is 16.2 Å². The molecule has 0 spiro atoms. The summed E-state index contributed by atoms with van der Waals surface area (Å²) in [6, 6.07) is 25.7. The maximum atomic E-state index is 14.3. The Morgan fingerprint density at radius 3 is 2.44 bits per heavy atom. The van der Waals surface area contributed by atoms with E-state index in [2.05, 4.69) is 48.0 Å². The van der Waals surface area contributed by atoms with Gasteiger partial charge < -0.3 is 14.8 Å². The van der Waals surface area contributed by atoms with Crippen molar-refractivity contribution in [2.75, 3.05) is 23.3 Å². The zero-order valence-electron chi connectivity index (χ0n) is 23.1. The smallest absolute Gasteiger partial charge is 0.316 e. The molecule has 0 radical (unpaired) electrons. The molecule has 0 saturated carbocycles. The van der Waals surface area contributed by atoms with E-state index >= 15 is 0 Å². The lowest BCUT2D eigenvalue weighted by Crippen LogP contribution is -2.48. The Bertz CT molecular complexity index is 1510. The van der Waals surface area contributed by atoms with E-state index in [1.165, 1.54) is 0 Å². The molecule has 1 unspecified atom stereocenters. The van der Waals surface area contributed by atoms with Crippen LogP contribution in [-0.4, -0.2) is 34.5 Å². The lowest BCUT2D eigenvalue weighted by molar-refractivity contribution is -0.119. The maximum Gasteiger partial charge on any atom is 0.322 e. The monoisotopic (exact) mass is 520 g/mol. The topological polar surface area (TPSA) is 57.6 Å². The van der Waals surface area contributed by atoms with Crippen LogP contribution >= 0.6 is 0 Å². The number of hydrogen-bond acceptors (Lipinski definition) is 2. The van der Waals surface area contributed by atoms with Gasteiger partial charge in [-0.2, -0.15) is 0 Å². The van der Waals surface area contributed by atoms with E-state index in [0.717, 1.165) is 57.9 Å². The van der Waals surface area contributed by atoms with Gasteiger partial charge in [0.05, 0.1) is 17.1 Å². The van der Waals surface area contributed by atoms with Gasteiger partial charge in [0, 0.05) is 18.4 Å². The minimum absolute atomic E-state index is 0.0198. The first-order valence-corrected chi connectivity index (χ1v) is 13.7. The van der Waals surface area contributed by atoms with Crippen molar-refractivity contribution >= 4 is 23.3 Å². The molecule has 200 valence electrons. The van der Waals surface area contributed by atoms with E-state index in [-0.39, 0.29) is 24.5 Å². The number of carbonyl (C=O) groups excluding carboxylic acids is 2. The first kappa shape index (κ1) is 26.3. The van der Waals surface area contributed by atoms with Crippen LogP contribution in [0, 0.1) is 20.8 Å². The van der Waals surface area contributed by atoms with Crippen LogP contribution in [0.3, 0.4) is 0 Å². The summed E-state index contributed by atoms with van der Waals surface area (Å²) in [5.74, 6) is -0.117. The van der Waals surface area contributed by atoms with Crippen molar-refractivity contribution in [3.05, 3.63) is 113 Å². The summed E-state index contributed by atoms with van der Waals surface area (Å²) in [7, 11) is 0. The van der Waals surface area contributed by atoms with Crippen molar-refractivity contribution in [3.63, 3.8) is 0 Å². The second kappa shape index (κ2) is 11.2. The molecule has 6 heteroatoms. The number of hydrogen-bond donors (Lipinski definition) is 1. The second-order valence-corrected chi connectivity index (χ2v) is 10.3. The van der Waals surface area contributed by atoms with Crippen molar-refractivity contribution in [1.29, 1.82) is 0 Å². The number of unbranched alkanes of at least 4 members (excludes halogenated alkanes) is 1. The summed E-state index contributed by atoms with van der Waals surface area (Å²) in [6.45, 7) is 8.66. The first-order valence-electron chi connectivity index (χ1n) is 13.7. The highest BCUT2D eigenvalue weighted by Crippen LogP contribution is 2.42. The van der Waals surface area contributed by atoms with Gasteiger partial charge in [0.25, 0.3) is 0 Å². The molecule has 1 aliphatic heterocycles. The molecule has 0 saturated heterocycles. The Morgan fingerprint density at radius 1 is 0.897 bits per heavy atom. The van der Waals surface area contributed by atoms with Gasteiger partial charge in [0.1, 0.15) is 12.6 Å². The van der Waals surface area contributed by atoms with Crippen LogP contribution in [0.2, 0.25) is 0 Å². The van der Waals surface area contributed by atoms with E-state index < -0.39 is 0 Å². The molecule has 5 rings (SSSR count). The molecule has 0 bridgehead atoms. The van der Waals surface area contributed by atoms with E-state index in [0.29, 0.717) is 6.54 Å². The molecule has 2 heterocycles. The number of nitrogens with zero attached hydrogens (tertiary/aromatic N) is 3. The number of anilines is 2. The fourth-order valence-electron chi connectivity index (χ4n) is 5.34. The Balaban J connectivity index is 1.51. The average molecular weight is 521 g/mol. The quantitative estimate of drug-likeness (QED) is 0.281. The number of nitrogens with one attached hydrogen (secondary N) is 1. The SMILES string of the molecule is CCCCN(CC(=O)N1c2ccccc2-n2cccc2C1c1cccc(C)c1)C(=O)Nc1cccc(C)c1C. The largest absolute Gasteiger partial charge is 0.322 e. The highest BCUT2D eigenvalue weighted by molar-refractivity contribution is 6.01. The molecule has 1 atom stereocenters. The van der Waals surface area contributed by atoms with Crippen molar-refractivity contribution in [1.82, 2.24) is 9.47 Å². The number of rotatable bonds is 7. The van der Waals surface area contributed by atoms with Gasteiger partial charge in [-0.1, -0.05) is 67.4 Å². The molecule has 3 aromatic carbocycles. The fourth-order valence-corrected chi connectivity index (χ4v) is 5.34. The van der Waals surface area contributed by atoms with Crippen LogP contribution < -0.4 is 10.2 Å². The minimum atomic E-state index is -0.308. The number of aromatic nitrogens is 1. The molecule has 0 aliphatic carbocycles. The number of benzene rings is 3. The van der Waals surface area contributed by atoms with Gasteiger partial charge in [-0.05, 0) is 74.2 Å². The maximum absolute atomic E-state index is 14.3. The summed E-state index contributed by atoms with van der Waals surface area (Å²) < 4.78 is 2.16. The third-order valence-electron chi connectivity index (χ3n) is 7.59. The molecular weight excluding hydrogens is 484 g/mol. The van der Waals surface area contributed by atoms with Crippen molar-refractivity contribution < 1.29 is 9.59 Å². The third kappa shape index (κ3) is 5.19. The first-order chi connectivity index (χ1) is 18.9. The third-order valence-corrected chi connectivity index (χ3v) is 7.59. The van der Waals surface area contributed by atoms with Crippen LogP contribution in [0.1, 0.15) is 53.8 Å². The normalized spacial score (nSPS) is 13.9. The standard InChI is InChI=1S/C33H36N4O2/c1-5-6-19-35(33(39)34-27-15-10-13-24(3)25(27)4)22-31(38)37-29-17-8-7-16-28(29)36-20-11-18-30(36)32(37)26-14-9-12-23(2)21-26/h7-18,20-21,32H,5-6,19,22H2,1-4H3,(H,34,39). The minimum Gasteiger partial charge on any atom is -0.316 e. The van der Waals surface area contributed by atoms with Crippen LogP contribution in [0.15, 0.2) is 85.1 Å². The fraction of sp³-hybridized carbons (Fsp3) is 0.273. The number of carbonyl (C=O) groups is 2. The summed E-state index contributed by atoms with van der Waals surface area (Å²) >= 11 is 0. The number of para-hydroxylation sites is 2. The summed E-state index contributed by atoms with van der Waals surface area (Å²) in [5, 5.41) is 3.06. The molecule has 1 N–H and O–H groups in total. The van der Waals surface area contributed by atoms with Crippen LogP contribution in [0.25, 0.3) is 5.69 Å². The molecule has 0 fully saturated rings. The van der Waals surface area contributed by atoms with Crippen molar-refractivity contribution in [2.24, 2.45) is 0 Å². The van der Waals surface area contributed by atoms with Gasteiger partial charge in [-0.3, -0.25) is 9.69 Å². The highest BCUT2D eigenvalue weighted by atomic mass is 16.2. The lowest BCUT2D eigenvalue weighted by atomic mass is 9.96. The number of amides is 3. The molecular formula is C33H36N4O2. The van der Waals surface area contributed by atoms with Gasteiger partial charge in [0.15, 0.2) is 0 Å². The van der Waals surface area contributed by atoms with E-state index in [4.69, 9.17) is 0 Å². The number of aryl methyl sites for hydroxylation is 2. The lowest BCUT2D eigenvalue weighted by Gasteiger charge is -2.39. The Morgan fingerprint density at radius 2 is 1.67 bits per heavy atom. The predicted octanol–water partition coefficient (Wildman–Crippen LogP) is 7.17. The van der Waals surface area contributed by atoms with E-state index in [9.17, 15) is 9.59 Å². The second-order valence-electron chi connectivity index (χ2n) is 10.3. The van der Waals surface area contributed by atoms with Gasteiger partial charge in [0.2, 0.25) is 5.91 Å². The van der Waals surface area contributed by atoms with Gasteiger partial charge in [-0.15, -0.1) is 0 Å². The number of fused-ring (bicyclic) bond motifs is 3. The van der Waals surface area contributed by atoms with Crippen LogP contribution in [-0.2, 0) is 4.79 Å². The molecule has 3 amide bonds.